The van der Waals surface area contributed by atoms with Gasteiger partial charge in [-0.1, -0.05) is 38.0 Å². The lowest BCUT2D eigenvalue weighted by Gasteiger charge is -2.39. The van der Waals surface area contributed by atoms with E-state index in [2.05, 4.69) is 11.5 Å². The van der Waals surface area contributed by atoms with Crippen molar-refractivity contribution in [3.05, 3.63) is 36.6 Å². The van der Waals surface area contributed by atoms with Crippen LogP contribution in [0.3, 0.4) is 0 Å². The largest absolute Gasteiger partial charge is 0.508 e. The maximum atomic E-state index is 10.8. The molecule has 0 aromatic heterocycles. The molecule has 2 N–H and O–H groups in total. The molecule has 1 fully saturated rings. The van der Waals surface area contributed by atoms with E-state index in [4.69, 9.17) is 0 Å². The van der Waals surface area contributed by atoms with Crippen LogP contribution in [-0.4, -0.2) is 41.4 Å². The average Bonchev–Trinajstić information content (AvgIpc) is 2.37. The van der Waals surface area contributed by atoms with Gasteiger partial charge in [0.25, 0.3) is 0 Å². The summed E-state index contributed by atoms with van der Waals surface area (Å²) in [6.07, 6.45) is 12.0. The molecule has 1 unspecified atom stereocenters. The Morgan fingerprint density at radius 3 is 2.47 bits per heavy atom. The molecule has 1 rings (SSSR count). The predicted molar refractivity (Wildman–Crippen MR) is 80.1 cm³/mol. The highest BCUT2D eigenvalue weighted by Crippen LogP contribution is 2.35. The summed E-state index contributed by atoms with van der Waals surface area (Å²) >= 11 is 0. The SMILES string of the molecule is C=C/C(O)=C\C=C\C(CN(C)C)C1(O)CCCCC1. The first-order valence-electron chi connectivity index (χ1n) is 7.05. The van der Waals surface area contributed by atoms with Crippen molar-refractivity contribution >= 4 is 0 Å². The fourth-order valence-corrected chi connectivity index (χ4v) is 2.69. The zero-order chi connectivity index (χ0) is 14.3. The Bertz CT molecular complexity index is 339. The van der Waals surface area contributed by atoms with Gasteiger partial charge in [-0.3, -0.25) is 0 Å². The fraction of sp³-hybridized carbons (Fsp3) is 0.625. The molecule has 1 aliphatic carbocycles. The Hall–Kier alpha value is -1.06. The summed E-state index contributed by atoms with van der Waals surface area (Å²) in [5.41, 5.74) is -0.601. The summed E-state index contributed by atoms with van der Waals surface area (Å²) in [5, 5.41) is 20.2. The number of allylic oxidation sites excluding steroid dienone is 3. The van der Waals surface area contributed by atoms with Crippen LogP contribution in [0, 0.1) is 5.92 Å². The molecule has 0 aliphatic heterocycles. The van der Waals surface area contributed by atoms with Gasteiger partial charge in [-0.15, -0.1) is 0 Å². The molecule has 0 aromatic carbocycles. The Balaban J connectivity index is 2.78. The van der Waals surface area contributed by atoms with Crippen molar-refractivity contribution in [3.8, 4) is 0 Å². The van der Waals surface area contributed by atoms with Crippen LogP contribution >= 0.6 is 0 Å². The van der Waals surface area contributed by atoms with Gasteiger partial charge in [0, 0.05) is 12.5 Å². The minimum Gasteiger partial charge on any atom is -0.508 e. The van der Waals surface area contributed by atoms with Gasteiger partial charge in [0.05, 0.1) is 5.60 Å². The van der Waals surface area contributed by atoms with Crippen LogP contribution in [0.1, 0.15) is 32.1 Å². The Morgan fingerprint density at radius 2 is 1.95 bits per heavy atom. The molecule has 0 aromatic rings. The molecule has 1 saturated carbocycles. The highest BCUT2D eigenvalue weighted by molar-refractivity contribution is 5.17. The number of hydrogen-bond donors (Lipinski definition) is 2. The highest BCUT2D eigenvalue weighted by Gasteiger charge is 2.36. The molecule has 3 nitrogen and oxygen atoms in total. The molecule has 108 valence electrons. The second-order valence-electron chi connectivity index (χ2n) is 5.71. The van der Waals surface area contributed by atoms with E-state index in [9.17, 15) is 10.2 Å². The van der Waals surface area contributed by atoms with Crippen LogP contribution in [0.25, 0.3) is 0 Å². The van der Waals surface area contributed by atoms with E-state index in [0.29, 0.717) is 0 Å². The van der Waals surface area contributed by atoms with Crippen LogP contribution in [0.2, 0.25) is 0 Å². The summed E-state index contributed by atoms with van der Waals surface area (Å²) in [5.74, 6) is 0.243. The summed E-state index contributed by atoms with van der Waals surface area (Å²) in [6.45, 7) is 4.32. The van der Waals surface area contributed by atoms with Crippen LogP contribution < -0.4 is 0 Å². The maximum absolute atomic E-state index is 10.8. The minimum absolute atomic E-state index is 0.0941. The van der Waals surface area contributed by atoms with Crippen LogP contribution in [0.5, 0.6) is 0 Å². The molecule has 3 heteroatoms. The van der Waals surface area contributed by atoms with Gasteiger partial charge < -0.3 is 15.1 Å². The van der Waals surface area contributed by atoms with Crippen molar-refractivity contribution in [2.24, 2.45) is 5.92 Å². The van der Waals surface area contributed by atoms with Gasteiger partial charge in [0.2, 0.25) is 0 Å². The highest BCUT2D eigenvalue weighted by atomic mass is 16.3. The van der Waals surface area contributed by atoms with Gasteiger partial charge in [-0.05, 0) is 39.1 Å². The number of aliphatic hydroxyl groups is 2. The number of aliphatic hydroxyl groups excluding tert-OH is 1. The maximum Gasteiger partial charge on any atom is 0.114 e. The third kappa shape index (κ3) is 5.21. The van der Waals surface area contributed by atoms with Gasteiger partial charge >= 0.3 is 0 Å². The first-order chi connectivity index (χ1) is 8.98. The zero-order valence-corrected chi connectivity index (χ0v) is 12.2. The normalized spacial score (nSPS) is 21.8. The third-order valence-corrected chi connectivity index (χ3v) is 3.79. The molecular weight excluding hydrogens is 238 g/mol. The second kappa shape index (κ2) is 7.51. The Labute approximate surface area is 116 Å². The van der Waals surface area contributed by atoms with Crippen LogP contribution in [-0.2, 0) is 0 Å². The van der Waals surface area contributed by atoms with E-state index in [0.717, 1.165) is 32.2 Å². The smallest absolute Gasteiger partial charge is 0.114 e. The van der Waals surface area contributed by atoms with Crippen LogP contribution in [0.4, 0.5) is 0 Å². The molecule has 19 heavy (non-hydrogen) atoms. The molecule has 0 bridgehead atoms. The number of rotatable bonds is 6. The topological polar surface area (TPSA) is 43.7 Å². The first kappa shape index (κ1) is 16.0. The first-order valence-corrected chi connectivity index (χ1v) is 7.05. The summed E-state index contributed by atoms with van der Waals surface area (Å²) in [4.78, 5) is 2.10. The summed E-state index contributed by atoms with van der Waals surface area (Å²) < 4.78 is 0. The van der Waals surface area contributed by atoms with Gasteiger partial charge in [0.15, 0.2) is 0 Å². The van der Waals surface area contributed by atoms with Crippen molar-refractivity contribution in [1.82, 2.24) is 4.90 Å². The van der Waals surface area contributed by atoms with Crippen molar-refractivity contribution in [3.63, 3.8) is 0 Å². The third-order valence-electron chi connectivity index (χ3n) is 3.79. The van der Waals surface area contributed by atoms with Crippen molar-refractivity contribution < 1.29 is 10.2 Å². The summed E-state index contributed by atoms with van der Waals surface area (Å²) in [7, 11) is 4.04. The molecule has 1 atom stereocenters. The summed E-state index contributed by atoms with van der Waals surface area (Å²) in [6, 6.07) is 0. The minimum atomic E-state index is -0.601. The van der Waals surface area contributed by atoms with Gasteiger partial charge in [-0.25, -0.2) is 0 Å². The number of hydrogen-bond acceptors (Lipinski definition) is 3. The van der Waals surface area contributed by atoms with Gasteiger partial charge in [-0.2, -0.15) is 0 Å². The van der Waals surface area contributed by atoms with E-state index in [1.807, 2.05) is 26.2 Å². The molecule has 0 radical (unpaired) electrons. The van der Waals surface area contributed by atoms with Crippen LogP contribution in [0.15, 0.2) is 36.6 Å². The lowest BCUT2D eigenvalue weighted by atomic mass is 9.75. The van der Waals surface area contributed by atoms with Crippen molar-refractivity contribution in [2.75, 3.05) is 20.6 Å². The zero-order valence-electron chi connectivity index (χ0n) is 12.2. The van der Waals surface area contributed by atoms with Gasteiger partial charge in [0.1, 0.15) is 5.76 Å². The van der Waals surface area contributed by atoms with E-state index in [-0.39, 0.29) is 11.7 Å². The van der Waals surface area contributed by atoms with E-state index in [1.54, 1.807) is 6.08 Å². The van der Waals surface area contributed by atoms with E-state index < -0.39 is 5.60 Å². The second-order valence-corrected chi connectivity index (χ2v) is 5.71. The van der Waals surface area contributed by atoms with Crippen molar-refractivity contribution in [1.29, 1.82) is 0 Å². The molecule has 0 amide bonds. The predicted octanol–water partition coefficient (Wildman–Crippen LogP) is 3.04. The molecule has 1 aliphatic rings. The average molecular weight is 265 g/mol. The fourth-order valence-electron chi connectivity index (χ4n) is 2.69. The monoisotopic (exact) mass is 265 g/mol. The molecule has 0 saturated heterocycles. The van der Waals surface area contributed by atoms with E-state index in [1.165, 1.54) is 12.5 Å². The van der Waals surface area contributed by atoms with E-state index >= 15 is 0 Å². The number of nitrogens with zero attached hydrogens (tertiary/aromatic N) is 1. The molecule has 0 spiro atoms. The Kier molecular flexibility index (Phi) is 6.32. The molecular formula is C16H27NO2. The lowest BCUT2D eigenvalue weighted by Crippen LogP contribution is -2.43. The Morgan fingerprint density at radius 1 is 1.32 bits per heavy atom. The molecule has 0 heterocycles. The standard InChI is InChI=1S/C16H27NO2/c1-4-15(18)10-8-9-14(13-17(2)3)16(19)11-6-5-7-12-16/h4,8-10,14,18-19H,1,5-7,11-13H2,2-3H3/b9-8+,15-10+. The quantitative estimate of drug-likeness (QED) is 0.573. The van der Waals surface area contributed by atoms with Crippen molar-refractivity contribution in [2.45, 2.75) is 37.7 Å². The lowest BCUT2D eigenvalue weighted by molar-refractivity contribution is -0.0392.